The highest BCUT2D eigenvalue weighted by Crippen LogP contribution is 2.11. The van der Waals surface area contributed by atoms with Gasteiger partial charge in [-0.25, -0.2) is 0 Å². The van der Waals surface area contributed by atoms with Crippen LogP contribution in [0.15, 0.2) is 72.0 Å². The molecule has 29 heavy (non-hydrogen) atoms. The smallest absolute Gasteiger partial charge is 0.221 e. The molecule has 150 valence electrons. The number of anilines is 1. The summed E-state index contributed by atoms with van der Waals surface area (Å²) in [7, 11) is 1.75. The van der Waals surface area contributed by atoms with E-state index < -0.39 is 0 Å². The van der Waals surface area contributed by atoms with Crippen molar-refractivity contribution in [1.82, 2.24) is 20.4 Å². The van der Waals surface area contributed by atoms with E-state index in [4.69, 9.17) is 0 Å². The minimum atomic E-state index is -0.0821. The van der Waals surface area contributed by atoms with Gasteiger partial charge in [0.2, 0.25) is 5.91 Å². The van der Waals surface area contributed by atoms with Crippen LogP contribution in [0, 0.1) is 0 Å². The molecule has 3 aromatic rings. The normalized spacial score (nSPS) is 11.2. The van der Waals surface area contributed by atoms with Crippen LogP contribution >= 0.6 is 0 Å². The van der Waals surface area contributed by atoms with E-state index in [0.717, 1.165) is 17.8 Å². The standard InChI is InChI=1S/C22H26N6O/c1-17(29)27-21-10-5-7-18(13-21)14-24-22(23-2)25-15-19-8-3-4-9-20(19)16-28-12-6-11-26-28/h3-13H,14-16H2,1-2H3,(H,27,29)(H2,23,24,25). The van der Waals surface area contributed by atoms with Gasteiger partial charge in [-0.05, 0) is 34.9 Å². The van der Waals surface area contributed by atoms with Crippen LogP contribution < -0.4 is 16.0 Å². The van der Waals surface area contributed by atoms with E-state index in [1.807, 2.05) is 53.3 Å². The second kappa shape index (κ2) is 10.1. The SMILES string of the molecule is CN=C(NCc1cccc(NC(C)=O)c1)NCc1ccccc1Cn1cccn1. The van der Waals surface area contributed by atoms with Crippen LogP contribution in [0.2, 0.25) is 0 Å². The molecule has 7 heteroatoms. The number of guanidine groups is 1. The van der Waals surface area contributed by atoms with E-state index in [1.165, 1.54) is 18.1 Å². The molecule has 3 rings (SSSR count). The van der Waals surface area contributed by atoms with E-state index in [-0.39, 0.29) is 5.91 Å². The quantitative estimate of drug-likeness (QED) is 0.428. The van der Waals surface area contributed by atoms with Gasteiger partial charge in [0.15, 0.2) is 5.96 Å². The molecule has 0 spiro atoms. The van der Waals surface area contributed by atoms with Crippen LogP contribution in [0.25, 0.3) is 0 Å². The van der Waals surface area contributed by atoms with Gasteiger partial charge in [-0.2, -0.15) is 5.10 Å². The van der Waals surface area contributed by atoms with Gasteiger partial charge < -0.3 is 16.0 Å². The zero-order valence-electron chi connectivity index (χ0n) is 16.7. The number of amides is 1. The maximum absolute atomic E-state index is 11.2. The maximum atomic E-state index is 11.2. The van der Waals surface area contributed by atoms with Crippen molar-refractivity contribution in [2.75, 3.05) is 12.4 Å². The van der Waals surface area contributed by atoms with Gasteiger partial charge >= 0.3 is 0 Å². The minimum absolute atomic E-state index is 0.0821. The molecule has 1 heterocycles. The monoisotopic (exact) mass is 390 g/mol. The first-order valence-corrected chi connectivity index (χ1v) is 9.49. The van der Waals surface area contributed by atoms with E-state index in [0.29, 0.717) is 19.0 Å². The molecule has 0 saturated carbocycles. The van der Waals surface area contributed by atoms with Crippen molar-refractivity contribution < 1.29 is 4.79 Å². The number of hydrogen-bond acceptors (Lipinski definition) is 3. The fraction of sp³-hybridized carbons (Fsp3) is 0.227. The second-order valence-corrected chi connectivity index (χ2v) is 6.63. The summed E-state index contributed by atoms with van der Waals surface area (Å²) in [6, 6.07) is 18.0. The summed E-state index contributed by atoms with van der Waals surface area (Å²) < 4.78 is 1.91. The molecule has 2 aromatic carbocycles. The van der Waals surface area contributed by atoms with Crippen LogP contribution in [-0.4, -0.2) is 28.7 Å². The minimum Gasteiger partial charge on any atom is -0.352 e. The third-order valence-corrected chi connectivity index (χ3v) is 4.39. The fourth-order valence-corrected chi connectivity index (χ4v) is 3.00. The number of carbonyl (C=O) groups excluding carboxylic acids is 1. The molecular weight excluding hydrogens is 364 g/mol. The maximum Gasteiger partial charge on any atom is 0.221 e. The van der Waals surface area contributed by atoms with E-state index in [1.54, 1.807) is 13.2 Å². The Morgan fingerprint density at radius 3 is 2.55 bits per heavy atom. The molecule has 0 aliphatic rings. The number of benzene rings is 2. The Hall–Kier alpha value is -3.61. The zero-order chi connectivity index (χ0) is 20.5. The van der Waals surface area contributed by atoms with Crippen molar-refractivity contribution in [2.45, 2.75) is 26.6 Å². The number of carbonyl (C=O) groups is 1. The summed E-state index contributed by atoms with van der Waals surface area (Å²) in [6.45, 7) is 3.48. The first kappa shape index (κ1) is 20.1. The first-order chi connectivity index (χ1) is 14.1. The molecule has 7 nitrogen and oxygen atoms in total. The lowest BCUT2D eigenvalue weighted by molar-refractivity contribution is -0.114. The summed E-state index contributed by atoms with van der Waals surface area (Å²) in [4.78, 5) is 15.5. The molecule has 0 fully saturated rings. The van der Waals surface area contributed by atoms with Crippen molar-refractivity contribution in [3.8, 4) is 0 Å². The molecule has 0 saturated heterocycles. The molecule has 1 aromatic heterocycles. The van der Waals surface area contributed by atoms with Gasteiger partial charge in [0.25, 0.3) is 0 Å². The lowest BCUT2D eigenvalue weighted by Crippen LogP contribution is -2.36. The van der Waals surface area contributed by atoms with Crippen LogP contribution in [0.4, 0.5) is 5.69 Å². The predicted molar refractivity (Wildman–Crippen MR) is 116 cm³/mol. The number of aliphatic imine (C=N–C) groups is 1. The van der Waals surface area contributed by atoms with Gasteiger partial charge in [-0.3, -0.25) is 14.5 Å². The summed E-state index contributed by atoms with van der Waals surface area (Å²) in [5.74, 6) is 0.630. The third kappa shape index (κ3) is 6.21. The van der Waals surface area contributed by atoms with Crippen LogP contribution in [0.1, 0.15) is 23.6 Å². The highest BCUT2D eigenvalue weighted by molar-refractivity contribution is 5.88. The molecule has 0 radical (unpaired) electrons. The Kier molecular flexibility index (Phi) is 7.00. The molecule has 3 N–H and O–H groups in total. The summed E-state index contributed by atoms with van der Waals surface area (Å²) in [5.41, 5.74) is 4.24. The molecule has 0 unspecified atom stereocenters. The topological polar surface area (TPSA) is 83.3 Å². The average Bonchev–Trinajstić information content (AvgIpc) is 3.22. The van der Waals surface area contributed by atoms with Crippen LogP contribution in [-0.2, 0) is 24.4 Å². The molecule has 0 bridgehead atoms. The van der Waals surface area contributed by atoms with Gasteiger partial charge in [0, 0.05) is 45.1 Å². The number of hydrogen-bond donors (Lipinski definition) is 3. The van der Waals surface area contributed by atoms with E-state index in [2.05, 4.69) is 38.2 Å². The summed E-state index contributed by atoms with van der Waals surface area (Å²) in [6.07, 6.45) is 3.74. The molecule has 1 amide bonds. The highest BCUT2D eigenvalue weighted by atomic mass is 16.1. The first-order valence-electron chi connectivity index (χ1n) is 9.49. The Morgan fingerprint density at radius 2 is 1.83 bits per heavy atom. The Bertz CT molecular complexity index is 965. The van der Waals surface area contributed by atoms with Crippen LogP contribution in [0.5, 0.6) is 0 Å². The lowest BCUT2D eigenvalue weighted by atomic mass is 10.1. The fourth-order valence-electron chi connectivity index (χ4n) is 3.00. The molecule has 0 aliphatic carbocycles. The van der Waals surface area contributed by atoms with Gasteiger partial charge in [-0.15, -0.1) is 0 Å². The predicted octanol–water partition coefficient (Wildman–Crippen LogP) is 2.76. The molecular formula is C22H26N6O. The van der Waals surface area contributed by atoms with E-state index >= 15 is 0 Å². The zero-order valence-corrected chi connectivity index (χ0v) is 16.7. The van der Waals surface area contributed by atoms with Gasteiger partial charge in [0.05, 0.1) is 6.54 Å². The van der Waals surface area contributed by atoms with E-state index in [9.17, 15) is 4.79 Å². The number of nitrogens with zero attached hydrogens (tertiary/aromatic N) is 3. The average molecular weight is 390 g/mol. The van der Waals surface area contributed by atoms with Gasteiger partial charge in [0.1, 0.15) is 0 Å². The Labute approximate surface area is 170 Å². The van der Waals surface area contributed by atoms with Crippen molar-refractivity contribution in [1.29, 1.82) is 0 Å². The van der Waals surface area contributed by atoms with Crippen molar-refractivity contribution in [3.63, 3.8) is 0 Å². The van der Waals surface area contributed by atoms with Crippen molar-refractivity contribution in [2.24, 2.45) is 4.99 Å². The largest absolute Gasteiger partial charge is 0.352 e. The molecule has 0 aliphatic heterocycles. The Balaban J connectivity index is 1.57. The number of rotatable bonds is 7. The lowest BCUT2D eigenvalue weighted by Gasteiger charge is -2.15. The van der Waals surface area contributed by atoms with Crippen LogP contribution in [0.3, 0.4) is 0 Å². The molecule has 0 atom stereocenters. The number of aromatic nitrogens is 2. The second-order valence-electron chi connectivity index (χ2n) is 6.63. The Morgan fingerprint density at radius 1 is 1.03 bits per heavy atom. The summed E-state index contributed by atoms with van der Waals surface area (Å²) >= 11 is 0. The van der Waals surface area contributed by atoms with Crippen molar-refractivity contribution in [3.05, 3.63) is 83.7 Å². The highest BCUT2D eigenvalue weighted by Gasteiger charge is 2.05. The van der Waals surface area contributed by atoms with Crippen molar-refractivity contribution >= 4 is 17.6 Å². The summed E-state index contributed by atoms with van der Waals surface area (Å²) in [5, 5.41) is 13.8. The van der Waals surface area contributed by atoms with Gasteiger partial charge in [-0.1, -0.05) is 36.4 Å². The number of nitrogens with one attached hydrogen (secondary N) is 3. The third-order valence-electron chi connectivity index (χ3n) is 4.39.